The van der Waals surface area contributed by atoms with Crippen molar-refractivity contribution < 1.29 is 14.3 Å². The molecule has 0 unspecified atom stereocenters. The van der Waals surface area contributed by atoms with Gasteiger partial charge in [0.25, 0.3) is 0 Å². The molecule has 0 aliphatic carbocycles. The van der Waals surface area contributed by atoms with Gasteiger partial charge in [0.15, 0.2) is 0 Å². The first-order valence-electron chi connectivity index (χ1n) is 4.33. The van der Waals surface area contributed by atoms with Crippen LogP contribution >= 0.6 is 0 Å². The van der Waals surface area contributed by atoms with Crippen molar-refractivity contribution in [3.63, 3.8) is 0 Å². The summed E-state index contributed by atoms with van der Waals surface area (Å²) in [6, 6.07) is 3.61. The number of benzene rings is 1. The largest absolute Gasteiger partial charge is 0.496 e. The van der Waals surface area contributed by atoms with E-state index in [1.165, 1.54) is 14.2 Å². The molecule has 0 spiro atoms. The summed E-state index contributed by atoms with van der Waals surface area (Å²) in [4.78, 5) is 11.4. The van der Waals surface area contributed by atoms with E-state index in [0.29, 0.717) is 11.3 Å². The molecule has 3 nitrogen and oxygen atoms in total. The molecule has 0 N–H and O–H groups in total. The van der Waals surface area contributed by atoms with Crippen LogP contribution < -0.4 is 4.74 Å². The van der Waals surface area contributed by atoms with E-state index in [-0.39, 0.29) is 5.97 Å². The Bertz CT molecular complexity index is 356. The number of esters is 1. The highest BCUT2D eigenvalue weighted by atomic mass is 16.5. The van der Waals surface area contributed by atoms with Crippen molar-refractivity contribution in [2.45, 2.75) is 13.8 Å². The van der Waals surface area contributed by atoms with Crippen LogP contribution in [-0.2, 0) is 4.74 Å². The van der Waals surface area contributed by atoms with Gasteiger partial charge >= 0.3 is 5.97 Å². The number of methoxy groups -OCH3 is 2. The Labute approximate surface area is 83.6 Å². The Morgan fingerprint density at radius 2 is 1.71 bits per heavy atom. The number of carbonyl (C=O) groups is 1. The molecule has 1 aromatic rings. The summed E-state index contributed by atoms with van der Waals surface area (Å²) in [6.45, 7) is 3.92. The van der Waals surface area contributed by atoms with Crippen molar-refractivity contribution in [3.8, 4) is 5.75 Å². The molecule has 0 aliphatic heterocycles. The first-order chi connectivity index (χ1) is 6.60. The molecule has 0 aliphatic rings. The second kappa shape index (κ2) is 4.13. The van der Waals surface area contributed by atoms with Gasteiger partial charge in [-0.15, -0.1) is 0 Å². The molecule has 0 saturated carbocycles. The molecule has 76 valence electrons. The van der Waals surface area contributed by atoms with Crippen LogP contribution in [0.15, 0.2) is 12.1 Å². The normalized spacial score (nSPS) is 9.71. The highest BCUT2D eigenvalue weighted by Crippen LogP contribution is 2.23. The lowest BCUT2D eigenvalue weighted by atomic mass is 10.1. The van der Waals surface area contributed by atoms with Gasteiger partial charge in [0.1, 0.15) is 11.3 Å². The van der Waals surface area contributed by atoms with Gasteiger partial charge in [-0.25, -0.2) is 4.79 Å². The summed E-state index contributed by atoms with van der Waals surface area (Å²) in [5.41, 5.74) is 2.61. The van der Waals surface area contributed by atoms with Gasteiger partial charge in [-0.1, -0.05) is 0 Å². The van der Waals surface area contributed by atoms with E-state index >= 15 is 0 Å². The van der Waals surface area contributed by atoms with Crippen molar-refractivity contribution >= 4 is 5.97 Å². The van der Waals surface area contributed by atoms with Crippen LogP contribution in [0.25, 0.3) is 0 Å². The molecule has 0 heterocycles. The lowest BCUT2D eigenvalue weighted by molar-refractivity contribution is 0.0597. The molecule has 1 aromatic carbocycles. The smallest absolute Gasteiger partial charge is 0.341 e. The monoisotopic (exact) mass is 194 g/mol. The Balaban J connectivity index is 3.27. The fourth-order valence-corrected chi connectivity index (χ4v) is 1.23. The third-order valence-electron chi connectivity index (χ3n) is 2.22. The van der Waals surface area contributed by atoms with Gasteiger partial charge in [0.05, 0.1) is 14.2 Å². The summed E-state index contributed by atoms with van der Waals surface area (Å²) in [7, 11) is 2.90. The Morgan fingerprint density at radius 1 is 1.14 bits per heavy atom. The molecular formula is C11H14O3. The Kier molecular flexibility index (Phi) is 3.12. The average molecular weight is 194 g/mol. The van der Waals surface area contributed by atoms with Crippen LogP contribution in [0.3, 0.4) is 0 Å². The highest BCUT2D eigenvalue weighted by molar-refractivity contribution is 5.92. The van der Waals surface area contributed by atoms with Crippen molar-refractivity contribution in [2.24, 2.45) is 0 Å². The maximum absolute atomic E-state index is 11.4. The van der Waals surface area contributed by atoms with E-state index in [9.17, 15) is 4.79 Å². The zero-order valence-corrected chi connectivity index (χ0v) is 8.88. The van der Waals surface area contributed by atoms with Crippen LogP contribution in [0.4, 0.5) is 0 Å². The highest BCUT2D eigenvalue weighted by Gasteiger charge is 2.13. The van der Waals surface area contributed by atoms with E-state index in [2.05, 4.69) is 4.74 Å². The minimum absolute atomic E-state index is 0.370. The zero-order chi connectivity index (χ0) is 10.7. The first-order valence-corrected chi connectivity index (χ1v) is 4.33. The lowest BCUT2D eigenvalue weighted by Crippen LogP contribution is -2.05. The number of rotatable bonds is 2. The molecule has 0 amide bonds. The number of aryl methyl sites for hydroxylation is 2. The second-order valence-electron chi connectivity index (χ2n) is 3.13. The van der Waals surface area contributed by atoms with Crippen molar-refractivity contribution in [3.05, 3.63) is 28.8 Å². The van der Waals surface area contributed by atoms with Gasteiger partial charge in [0.2, 0.25) is 0 Å². The number of hydrogen-bond donors (Lipinski definition) is 0. The quantitative estimate of drug-likeness (QED) is 0.676. The molecule has 0 aromatic heterocycles. The molecule has 0 saturated heterocycles. The third-order valence-corrected chi connectivity index (χ3v) is 2.22. The lowest BCUT2D eigenvalue weighted by Gasteiger charge is -2.09. The van der Waals surface area contributed by atoms with Crippen LogP contribution in [0, 0.1) is 13.8 Å². The average Bonchev–Trinajstić information content (AvgIpc) is 2.20. The summed E-state index contributed by atoms with van der Waals surface area (Å²) < 4.78 is 9.76. The van der Waals surface area contributed by atoms with Gasteiger partial charge in [-0.2, -0.15) is 0 Å². The van der Waals surface area contributed by atoms with Gasteiger partial charge in [0, 0.05) is 0 Å². The molecule has 14 heavy (non-hydrogen) atoms. The Morgan fingerprint density at radius 3 is 2.21 bits per heavy atom. The van der Waals surface area contributed by atoms with Gasteiger partial charge in [-0.05, 0) is 37.1 Å². The molecule has 1 rings (SSSR count). The molecule has 0 atom stereocenters. The number of carbonyl (C=O) groups excluding carboxylic acids is 1. The Hall–Kier alpha value is -1.51. The molecule has 0 bridgehead atoms. The minimum Gasteiger partial charge on any atom is -0.496 e. The first kappa shape index (κ1) is 10.6. The molecule has 3 heteroatoms. The maximum Gasteiger partial charge on any atom is 0.341 e. The standard InChI is InChI=1S/C11H14O3/c1-7-5-9(11(12)14-4)10(13-3)6-8(7)2/h5-6H,1-4H3. The van der Waals surface area contributed by atoms with Crippen LogP contribution in [-0.4, -0.2) is 20.2 Å². The number of ether oxygens (including phenoxy) is 2. The van der Waals surface area contributed by atoms with E-state index < -0.39 is 0 Å². The summed E-state index contributed by atoms with van der Waals surface area (Å²) in [5, 5.41) is 0. The summed E-state index contributed by atoms with van der Waals surface area (Å²) >= 11 is 0. The molecular weight excluding hydrogens is 180 g/mol. The van der Waals surface area contributed by atoms with E-state index in [4.69, 9.17) is 4.74 Å². The van der Waals surface area contributed by atoms with Crippen LogP contribution in [0.5, 0.6) is 5.75 Å². The third kappa shape index (κ3) is 1.87. The fourth-order valence-electron chi connectivity index (χ4n) is 1.23. The predicted octanol–water partition coefficient (Wildman–Crippen LogP) is 2.10. The second-order valence-corrected chi connectivity index (χ2v) is 3.13. The SMILES string of the molecule is COC(=O)c1cc(C)c(C)cc1OC. The van der Waals surface area contributed by atoms with Gasteiger partial charge in [-0.3, -0.25) is 0 Å². The minimum atomic E-state index is -0.370. The van der Waals surface area contributed by atoms with Crippen molar-refractivity contribution in [1.29, 1.82) is 0 Å². The van der Waals surface area contributed by atoms with Gasteiger partial charge < -0.3 is 9.47 Å². The van der Waals surface area contributed by atoms with E-state index in [1.54, 1.807) is 6.07 Å². The predicted molar refractivity (Wildman–Crippen MR) is 53.8 cm³/mol. The maximum atomic E-state index is 11.4. The number of hydrogen-bond acceptors (Lipinski definition) is 3. The molecule has 0 fully saturated rings. The summed E-state index contributed by atoms with van der Waals surface area (Å²) in [5.74, 6) is 0.185. The van der Waals surface area contributed by atoms with Crippen molar-refractivity contribution in [1.82, 2.24) is 0 Å². The topological polar surface area (TPSA) is 35.5 Å². The van der Waals surface area contributed by atoms with Crippen LogP contribution in [0.1, 0.15) is 21.5 Å². The molecule has 0 radical (unpaired) electrons. The van der Waals surface area contributed by atoms with Crippen molar-refractivity contribution in [2.75, 3.05) is 14.2 Å². The fraction of sp³-hybridized carbons (Fsp3) is 0.364. The summed E-state index contributed by atoms with van der Waals surface area (Å²) in [6.07, 6.45) is 0. The van der Waals surface area contributed by atoms with E-state index in [0.717, 1.165) is 11.1 Å². The van der Waals surface area contributed by atoms with E-state index in [1.807, 2.05) is 19.9 Å². The van der Waals surface area contributed by atoms with Crippen LogP contribution in [0.2, 0.25) is 0 Å². The zero-order valence-electron chi connectivity index (χ0n) is 8.88.